The molecule has 17 heavy (non-hydrogen) atoms. The lowest BCUT2D eigenvalue weighted by molar-refractivity contribution is -0.138. The summed E-state index contributed by atoms with van der Waals surface area (Å²) in [5.41, 5.74) is 1.13. The summed E-state index contributed by atoms with van der Waals surface area (Å²) in [7, 11) is 1.85. The van der Waals surface area contributed by atoms with E-state index in [4.69, 9.17) is 4.74 Å². The van der Waals surface area contributed by atoms with Crippen molar-refractivity contribution in [2.45, 2.75) is 38.8 Å². The lowest BCUT2D eigenvalue weighted by Crippen LogP contribution is -2.43. The molecular formula is C14H19NO2. The zero-order valence-electron chi connectivity index (χ0n) is 10.6. The van der Waals surface area contributed by atoms with Crippen LogP contribution in [0.25, 0.3) is 0 Å². The van der Waals surface area contributed by atoms with Gasteiger partial charge in [0.25, 0.3) is 5.91 Å². The van der Waals surface area contributed by atoms with E-state index < -0.39 is 0 Å². The minimum atomic E-state index is -0.341. The molecule has 2 atom stereocenters. The van der Waals surface area contributed by atoms with Gasteiger partial charge in [0.05, 0.1) is 0 Å². The van der Waals surface area contributed by atoms with Gasteiger partial charge < -0.3 is 9.64 Å². The number of para-hydroxylation sites is 1. The molecule has 3 heteroatoms. The van der Waals surface area contributed by atoms with Gasteiger partial charge in [0.1, 0.15) is 5.75 Å². The molecule has 1 aromatic rings. The van der Waals surface area contributed by atoms with Crippen LogP contribution in [0.2, 0.25) is 0 Å². The van der Waals surface area contributed by atoms with Gasteiger partial charge in [0, 0.05) is 19.5 Å². The zero-order valence-corrected chi connectivity index (χ0v) is 10.6. The summed E-state index contributed by atoms with van der Waals surface area (Å²) in [6.45, 7) is 4.14. The summed E-state index contributed by atoms with van der Waals surface area (Å²) >= 11 is 0. The molecule has 2 rings (SSSR count). The van der Waals surface area contributed by atoms with Crippen molar-refractivity contribution in [2.75, 3.05) is 7.05 Å². The van der Waals surface area contributed by atoms with Gasteiger partial charge in [-0.25, -0.2) is 0 Å². The molecule has 1 aliphatic heterocycles. The van der Waals surface area contributed by atoms with Crippen LogP contribution in [-0.2, 0) is 11.2 Å². The molecule has 0 saturated heterocycles. The van der Waals surface area contributed by atoms with Gasteiger partial charge in [-0.3, -0.25) is 4.79 Å². The number of amides is 1. The fourth-order valence-corrected chi connectivity index (χ4v) is 2.04. The van der Waals surface area contributed by atoms with E-state index in [1.165, 1.54) is 0 Å². The number of hydrogen-bond acceptors (Lipinski definition) is 2. The molecule has 2 unspecified atom stereocenters. The Morgan fingerprint density at radius 2 is 2.24 bits per heavy atom. The number of carbonyl (C=O) groups is 1. The second-order valence-corrected chi connectivity index (χ2v) is 4.62. The number of likely N-dealkylation sites (N-methyl/N-ethyl adjacent to an activating group) is 1. The molecule has 1 heterocycles. The Morgan fingerprint density at radius 3 is 2.88 bits per heavy atom. The largest absolute Gasteiger partial charge is 0.480 e. The number of carbonyl (C=O) groups excluding carboxylic acids is 1. The van der Waals surface area contributed by atoms with Crippen LogP contribution in [0, 0.1) is 0 Å². The minimum absolute atomic E-state index is 0.0792. The standard InChI is InChI=1S/C14H19NO2/c1-4-10(2)15(3)14(16)13-9-11-7-5-6-8-12(11)17-13/h5-8,10,13H,4,9H2,1-3H3. The molecule has 0 radical (unpaired) electrons. The van der Waals surface area contributed by atoms with Crippen molar-refractivity contribution in [2.24, 2.45) is 0 Å². The molecule has 0 fully saturated rings. The number of benzene rings is 1. The van der Waals surface area contributed by atoms with Gasteiger partial charge in [-0.15, -0.1) is 0 Å². The Bertz CT molecular complexity index is 391. The summed E-state index contributed by atoms with van der Waals surface area (Å²) in [6, 6.07) is 8.12. The molecule has 0 saturated carbocycles. The van der Waals surface area contributed by atoms with Crippen molar-refractivity contribution in [1.82, 2.24) is 4.90 Å². The highest BCUT2D eigenvalue weighted by molar-refractivity contribution is 5.82. The van der Waals surface area contributed by atoms with Gasteiger partial charge >= 0.3 is 0 Å². The third-order valence-electron chi connectivity index (χ3n) is 3.52. The highest BCUT2D eigenvalue weighted by Gasteiger charge is 2.31. The molecule has 0 aromatic heterocycles. The second kappa shape index (κ2) is 4.78. The SMILES string of the molecule is CCC(C)N(C)C(=O)C1Cc2ccccc2O1. The first-order valence-corrected chi connectivity index (χ1v) is 6.14. The molecule has 92 valence electrons. The van der Waals surface area contributed by atoms with Crippen LogP contribution in [0.3, 0.4) is 0 Å². The van der Waals surface area contributed by atoms with Crippen LogP contribution in [0.1, 0.15) is 25.8 Å². The van der Waals surface area contributed by atoms with Crippen LogP contribution in [-0.4, -0.2) is 30.0 Å². The van der Waals surface area contributed by atoms with E-state index in [0.717, 1.165) is 17.7 Å². The Hall–Kier alpha value is -1.51. The van der Waals surface area contributed by atoms with Crippen LogP contribution in [0.5, 0.6) is 5.75 Å². The zero-order chi connectivity index (χ0) is 12.4. The average molecular weight is 233 g/mol. The van der Waals surface area contributed by atoms with Gasteiger partial charge in [-0.2, -0.15) is 0 Å². The summed E-state index contributed by atoms with van der Waals surface area (Å²) in [5.74, 6) is 0.930. The van der Waals surface area contributed by atoms with E-state index in [1.807, 2.05) is 31.3 Å². The van der Waals surface area contributed by atoms with Crippen LogP contribution in [0.4, 0.5) is 0 Å². The Balaban J connectivity index is 2.05. The monoisotopic (exact) mass is 233 g/mol. The summed E-state index contributed by atoms with van der Waals surface area (Å²) in [5, 5.41) is 0. The van der Waals surface area contributed by atoms with E-state index in [2.05, 4.69) is 13.8 Å². The summed E-state index contributed by atoms with van der Waals surface area (Å²) in [4.78, 5) is 14.0. The van der Waals surface area contributed by atoms with Crippen molar-refractivity contribution in [3.05, 3.63) is 29.8 Å². The van der Waals surface area contributed by atoms with E-state index >= 15 is 0 Å². The normalized spacial score (nSPS) is 19.4. The lowest BCUT2D eigenvalue weighted by atomic mass is 10.1. The highest BCUT2D eigenvalue weighted by atomic mass is 16.5. The molecule has 0 N–H and O–H groups in total. The molecule has 1 aliphatic rings. The maximum atomic E-state index is 12.2. The minimum Gasteiger partial charge on any atom is -0.480 e. The highest BCUT2D eigenvalue weighted by Crippen LogP contribution is 2.29. The van der Waals surface area contributed by atoms with Crippen LogP contribution >= 0.6 is 0 Å². The third kappa shape index (κ3) is 2.28. The summed E-state index contributed by atoms with van der Waals surface area (Å²) in [6.07, 6.45) is 1.31. The Morgan fingerprint density at radius 1 is 1.53 bits per heavy atom. The lowest BCUT2D eigenvalue weighted by Gasteiger charge is -2.26. The molecule has 3 nitrogen and oxygen atoms in total. The van der Waals surface area contributed by atoms with Gasteiger partial charge in [-0.05, 0) is 25.0 Å². The predicted octanol–water partition coefficient (Wildman–Crippen LogP) is 2.25. The first-order chi connectivity index (χ1) is 8.13. The van der Waals surface area contributed by atoms with Gasteiger partial charge in [0.2, 0.25) is 0 Å². The van der Waals surface area contributed by atoms with Gasteiger partial charge in [-0.1, -0.05) is 25.1 Å². The van der Waals surface area contributed by atoms with E-state index in [9.17, 15) is 4.79 Å². The average Bonchev–Trinajstić information content (AvgIpc) is 2.79. The van der Waals surface area contributed by atoms with Crippen molar-refractivity contribution < 1.29 is 9.53 Å². The molecule has 0 bridgehead atoms. The van der Waals surface area contributed by atoms with Crippen molar-refractivity contribution in [3.63, 3.8) is 0 Å². The Labute approximate surface area is 102 Å². The number of rotatable bonds is 3. The topological polar surface area (TPSA) is 29.5 Å². The molecule has 0 spiro atoms. The molecule has 1 amide bonds. The van der Waals surface area contributed by atoms with Crippen molar-refractivity contribution in [3.8, 4) is 5.75 Å². The first kappa shape index (κ1) is 12.0. The van der Waals surface area contributed by atoms with E-state index in [-0.39, 0.29) is 18.1 Å². The van der Waals surface area contributed by atoms with Crippen LogP contribution < -0.4 is 4.74 Å². The smallest absolute Gasteiger partial charge is 0.263 e. The fourth-order valence-electron chi connectivity index (χ4n) is 2.04. The Kier molecular flexibility index (Phi) is 3.36. The van der Waals surface area contributed by atoms with Crippen LogP contribution in [0.15, 0.2) is 24.3 Å². The fraction of sp³-hybridized carbons (Fsp3) is 0.500. The third-order valence-corrected chi connectivity index (χ3v) is 3.52. The summed E-state index contributed by atoms with van der Waals surface area (Å²) < 4.78 is 5.69. The van der Waals surface area contributed by atoms with E-state index in [1.54, 1.807) is 4.90 Å². The number of fused-ring (bicyclic) bond motifs is 1. The molecule has 1 aromatic carbocycles. The maximum Gasteiger partial charge on any atom is 0.263 e. The van der Waals surface area contributed by atoms with Crippen molar-refractivity contribution >= 4 is 5.91 Å². The van der Waals surface area contributed by atoms with Crippen molar-refractivity contribution in [1.29, 1.82) is 0 Å². The first-order valence-electron chi connectivity index (χ1n) is 6.14. The molecule has 0 aliphatic carbocycles. The molecular weight excluding hydrogens is 214 g/mol. The number of ether oxygens (including phenoxy) is 1. The number of hydrogen-bond donors (Lipinski definition) is 0. The quantitative estimate of drug-likeness (QED) is 0.801. The van der Waals surface area contributed by atoms with Gasteiger partial charge in [0.15, 0.2) is 6.10 Å². The number of nitrogens with zero attached hydrogens (tertiary/aromatic N) is 1. The predicted molar refractivity (Wildman–Crippen MR) is 67.1 cm³/mol. The second-order valence-electron chi connectivity index (χ2n) is 4.62. The van der Waals surface area contributed by atoms with E-state index in [0.29, 0.717) is 6.42 Å². The maximum absolute atomic E-state index is 12.2.